The van der Waals surface area contributed by atoms with Gasteiger partial charge >= 0.3 is 0 Å². The Morgan fingerprint density at radius 3 is 2.12 bits per heavy atom. The molecule has 0 radical (unpaired) electrons. The van der Waals surface area contributed by atoms with Crippen molar-refractivity contribution in [3.63, 3.8) is 0 Å². The number of aliphatic hydroxyl groups is 2. The normalized spacial score (nSPS) is 13.7. The molecule has 1 unspecified atom stereocenters. The molecule has 0 aromatic rings. The van der Waals surface area contributed by atoms with E-state index in [2.05, 4.69) is 0 Å². The minimum absolute atomic E-state index is 0.103. The topological polar surface area (TPSA) is 99.0 Å². The Hall–Kier alpha value is -0.240. The molecule has 0 aromatic carbocycles. The van der Waals surface area contributed by atoms with E-state index in [1.807, 2.05) is 9.80 Å². The summed E-state index contributed by atoms with van der Waals surface area (Å²) in [5.41, 5.74) is 11.0. The summed E-state index contributed by atoms with van der Waals surface area (Å²) in [4.78, 5) is 4.07. The van der Waals surface area contributed by atoms with Gasteiger partial charge in [0.1, 0.15) is 0 Å². The van der Waals surface area contributed by atoms with Gasteiger partial charge in [-0.2, -0.15) is 0 Å². The molecule has 0 amide bonds. The molecule has 0 spiro atoms. The quantitative estimate of drug-likeness (QED) is 0.321. The van der Waals surface area contributed by atoms with Gasteiger partial charge in [0, 0.05) is 45.9 Å². The molecule has 16 heavy (non-hydrogen) atoms. The highest BCUT2D eigenvalue weighted by atomic mass is 16.3. The van der Waals surface area contributed by atoms with Crippen molar-refractivity contribution in [3.05, 3.63) is 0 Å². The minimum atomic E-state index is -0.382. The summed E-state index contributed by atoms with van der Waals surface area (Å²) in [6, 6.07) is 0. The maximum atomic E-state index is 9.29. The van der Waals surface area contributed by atoms with E-state index in [-0.39, 0.29) is 12.7 Å². The Bertz CT molecular complexity index is 158. The highest BCUT2D eigenvalue weighted by Crippen LogP contribution is 1.93. The van der Waals surface area contributed by atoms with Gasteiger partial charge < -0.3 is 21.7 Å². The van der Waals surface area contributed by atoms with Crippen LogP contribution in [0.3, 0.4) is 0 Å². The first-order valence-electron chi connectivity index (χ1n) is 5.77. The van der Waals surface area contributed by atoms with Crippen LogP contribution in [0.2, 0.25) is 0 Å². The zero-order valence-corrected chi connectivity index (χ0v) is 10.2. The molecule has 0 aliphatic rings. The molecule has 6 nitrogen and oxygen atoms in total. The van der Waals surface area contributed by atoms with Crippen LogP contribution in [0.15, 0.2) is 0 Å². The Balaban J connectivity index is 3.88. The van der Waals surface area contributed by atoms with Crippen LogP contribution in [0, 0.1) is 0 Å². The molecule has 0 fully saturated rings. The fourth-order valence-corrected chi connectivity index (χ4v) is 1.57. The largest absolute Gasteiger partial charge is 0.395 e. The van der Waals surface area contributed by atoms with Gasteiger partial charge in [-0.15, -0.1) is 0 Å². The number of nitrogens with two attached hydrogens (primary N) is 2. The van der Waals surface area contributed by atoms with Gasteiger partial charge in [-0.1, -0.05) is 0 Å². The fraction of sp³-hybridized carbons (Fsp3) is 1.00. The summed E-state index contributed by atoms with van der Waals surface area (Å²) in [7, 11) is 0. The molecule has 0 rings (SSSR count). The van der Waals surface area contributed by atoms with Gasteiger partial charge in [-0.3, -0.25) is 9.80 Å². The van der Waals surface area contributed by atoms with E-state index < -0.39 is 0 Å². The van der Waals surface area contributed by atoms with Crippen molar-refractivity contribution < 1.29 is 10.2 Å². The van der Waals surface area contributed by atoms with Gasteiger partial charge in [0.05, 0.1) is 12.7 Å². The molecule has 6 N–H and O–H groups in total. The van der Waals surface area contributed by atoms with E-state index in [1.54, 1.807) is 6.92 Å². The average Bonchev–Trinajstić information content (AvgIpc) is 2.23. The lowest BCUT2D eigenvalue weighted by Gasteiger charge is -2.26. The van der Waals surface area contributed by atoms with Crippen LogP contribution in [-0.4, -0.2) is 78.7 Å². The Kier molecular flexibility index (Phi) is 9.80. The molecule has 0 saturated heterocycles. The van der Waals surface area contributed by atoms with Crippen LogP contribution in [-0.2, 0) is 0 Å². The van der Waals surface area contributed by atoms with Crippen LogP contribution >= 0.6 is 0 Å². The zero-order valence-electron chi connectivity index (χ0n) is 10.2. The van der Waals surface area contributed by atoms with Crippen LogP contribution < -0.4 is 11.5 Å². The highest BCUT2D eigenvalue weighted by molar-refractivity contribution is 4.64. The van der Waals surface area contributed by atoms with E-state index in [1.165, 1.54) is 0 Å². The molecule has 0 aliphatic heterocycles. The Morgan fingerprint density at radius 1 is 1.06 bits per heavy atom. The summed E-state index contributed by atoms with van der Waals surface area (Å²) >= 11 is 0. The third-order valence-corrected chi connectivity index (χ3v) is 2.37. The first-order chi connectivity index (χ1) is 7.63. The van der Waals surface area contributed by atoms with E-state index in [0.29, 0.717) is 26.3 Å². The maximum Gasteiger partial charge on any atom is 0.0639 e. The zero-order chi connectivity index (χ0) is 12.4. The molecule has 98 valence electrons. The Labute approximate surface area is 97.8 Å². The molecule has 0 aromatic heterocycles. The molecule has 0 bridgehead atoms. The Morgan fingerprint density at radius 2 is 1.69 bits per heavy atom. The summed E-state index contributed by atoms with van der Waals surface area (Å²) < 4.78 is 0. The lowest BCUT2D eigenvalue weighted by molar-refractivity contribution is 0.102. The van der Waals surface area contributed by atoms with Gasteiger partial charge in [0.25, 0.3) is 0 Å². The SMILES string of the molecule is CC(O)CN(CCO)CCN(CN)CCN. The fourth-order valence-electron chi connectivity index (χ4n) is 1.57. The van der Waals surface area contributed by atoms with Crippen LogP contribution in [0.25, 0.3) is 0 Å². The van der Waals surface area contributed by atoms with Crippen molar-refractivity contribution in [2.45, 2.75) is 13.0 Å². The monoisotopic (exact) mass is 234 g/mol. The maximum absolute atomic E-state index is 9.29. The third kappa shape index (κ3) is 7.98. The van der Waals surface area contributed by atoms with Crippen LogP contribution in [0.4, 0.5) is 0 Å². The van der Waals surface area contributed by atoms with Crippen LogP contribution in [0.1, 0.15) is 6.92 Å². The average molecular weight is 234 g/mol. The van der Waals surface area contributed by atoms with Gasteiger partial charge in [-0.25, -0.2) is 0 Å². The first kappa shape index (κ1) is 15.8. The predicted octanol–water partition coefficient (Wildman–Crippen LogP) is -2.16. The van der Waals surface area contributed by atoms with Crippen LogP contribution in [0.5, 0.6) is 0 Å². The molecule has 0 heterocycles. The molecular formula is C10H26N4O2. The number of hydrogen-bond donors (Lipinski definition) is 4. The second-order valence-electron chi connectivity index (χ2n) is 3.96. The van der Waals surface area contributed by atoms with Crippen molar-refractivity contribution >= 4 is 0 Å². The number of aliphatic hydroxyl groups excluding tert-OH is 2. The van der Waals surface area contributed by atoms with Crippen molar-refractivity contribution in [1.82, 2.24) is 9.80 Å². The van der Waals surface area contributed by atoms with Crippen molar-refractivity contribution in [1.29, 1.82) is 0 Å². The lowest BCUT2D eigenvalue weighted by atomic mass is 10.3. The summed E-state index contributed by atoms with van der Waals surface area (Å²) in [5, 5.41) is 18.2. The second-order valence-corrected chi connectivity index (χ2v) is 3.96. The second kappa shape index (κ2) is 9.95. The van der Waals surface area contributed by atoms with Crippen molar-refractivity contribution in [2.75, 3.05) is 52.5 Å². The van der Waals surface area contributed by atoms with E-state index in [0.717, 1.165) is 19.6 Å². The van der Waals surface area contributed by atoms with E-state index >= 15 is 0 Å². The lowest BCUT2D eigenvalue weighted by Crippen LogP contribution is -2.42. The molecule has 1 atom stereocenters. The van der Waals surface area contributed by atoms with E-state index in [9.17, 15) is 5.11 Å². The third-order valence-electron chi connectivity index (χ3n) is 2.37. The van der Waals surface area contributed by atoms with E-state index in [4.69, 9.17) is 16.6 Å². The number of nitrogens with zero attached hydrogens (tertiary/aromatic N) is 2. The van der Waals surface area contributed by atoms with Gasteiger partial charge in [-0.05, 0) is 6.92 Å². The summed E-state index contributed by atoms with van der Waals surface area (Å²) in [6.07, 6.45) is -0.382. The summed E-state index contributed by atoms with van der Waals surface area (Å²) in [5.74, 6) is 0. The highest BCUT2D eigenvalue weighted by Gasteiger charge is 2.09. The molecule has 0 saturated carbocycles. The van der Waals surface area contributed by atoms with Gasteiger partial charge in [0.2, 0.25) is 0 Å². The minimum Gasteiger partial charge on any atom is -0.395 e. The van der Waals surface area contributed by atoms with Gasteiger partial charge in [0.15, 0.2) is 0 Å². The molecule has 0 aliphatic carbocycles. The smallest absolute Gasteiger partial charge is 0.0639 e. The predicted molar refractivity (Wildman–Crippen MR) is 64.9 cm³/mol. The van der Waals surface area contributed by atoms with Crippen molar-refractivity contribution in [2.24, 2.45) is 11.5 Å². The molecule has 6 heteroatoms. The van der Waals surface area contributed by atoms with Crippen molar-refractivity contribution in [3.8, 4) is 0 Å². The number of rotatable bonds is 10. The number of hydrogen-bond acceptors (Lipinski definition) is 6. The standard InChI is InChI=1S/C10H26N4O2/c1-10(16)8-13(6-7-15)4-5-14(9-12)3-2-11/h10,15-16H,2-9,11-12H2,1H3. The summed E-state index contributed by atoms with van der Waals surface area (Å²) in [6.45, 7) is 6.43. The first-order valence-corrected chi connectivity index (χ1v) is 5.77. The molecular weight excluding hydrogens is 208 g/mol.